The van der Waals surface area contributed by atoms with Crippen molar-refractivity contribution >= 4 is 12.2 Å². The van der Waals surface area contributed by atoms with Crippen molar-refractivity contribution in [3.63, 3.8) is 0 Å². The second-order valence-electron chi connectivity index (χ2n) is 4.81. The second-order valence-corrected chi connectivity index (χ2v) is 4.81. The molecule has 0 amide bonds. The Morgan fingerprint density at radius 3 is 1.55 bits per heavy atom. The topological polar surface area (TPSA) is 0 Å². The summed E-state index contributed by atoms with van der Waals surface area (Å²) in [4.78, 5) is 0. The van der Waals surface area contributed by atoms with Crippen molar-refractivity contribution in [1.82, 2.24) is 0 Å². The average molecular weight is 284 g/mol. The van der Waals surface area contributed by atoms with Crippen molar-refractivity contribution in [2.45, 2.75) is 0 Å². The molecule has 0 saturated carbocycles. The molecule has 0 aromatic heterocycles. The first-order valence-corrected chi connectivity index (χ1v) is 7.29. The van der Waals surface area contributed by atoms with Crippen LogP contribution in [-0.4, -0.2) is 0 Å². The van der Waals surface area contributed by atoms with Crippen LogP contribution >= 0.6 is 0 Å². The van der Waals surface area contributed by atoms with Crippen molar-refractivity contribution in [2.75, 3.05) is 0 Å². The Kier molecular flexibility index (Phi) is 5.95. The lowest BCUT2D eigenvalue weighted by molar-refractivity contribution is 1.60. The predicted octanol–water partition coefficient (Wildman–Crippen LogP) is 6.33. The maximum Gasteiger partial charge on any atom is -0.0178 e. The van der Waals surface area contributed by atoms with Crippen LogP contribution in [0.15, 0.2) is 98.1 Å². The minimum Gasteiger partial charge on any atom is -0.0985 e. The van der Waals surface area contributed by atoms with Gasteiger partial charge in [-0.25, -0.2) is 0 Å². The Bertz CT molecular complexity index is 709. The summed E-state index contributed by atoms with van der Waals surface area (Å²) < 4.78 is 0. The normalized spacial score (nSPS) is 9.27. The summed E-state index contributed by atoms with van der Waals surface area (Å²) in [6.07, 6.45) is 3.70. The van der Waals surface area contributed by atoms with E-state index in [1.54, 1.807) is 0 Å². The molecule has 0 N–H and O–H groups in total. The third-order valence-electron chi connectivity index (χ3n) is 3.26. The summed E-state index contributed by atoms with van der Waals surface area (Å²) in [7, 11) is 0. The van der Waals surface area contributed by atoms with Gasteiger partial charge in [0.2, 0.25) is 0 Å². The maximum absolute atomic E-state index is 3.77. The monoisotopic (exact) mass is 284 g/mol. The summed E-state index contributed by atoms with van der Waals surface area (Å²) in [5, 5.41) is 0. The minimum atomic E-state index is 1.16. The number of rotatable bonds is 3. The molecule has 0 unspecified atom stereocenters. The Labute approximate surface area is 133 Å². The van der Waals surface area contributed by atoms with Crippen molar-refractivity contribution in [3.05, 3.63) is 109 Å². The molecule has 0 bridgehead atoms. The van der Waals surface area contributed by atoms with Crippen molar-refractivity contribution < 1.29 is 0 Å². The molecule has 0 aliphatic heterocycles. The molecule has 0 saturated heterocycles. The Balaban J connectivity index is 0.000000188. The lowest BCUT2D eigenvalue weighted by atomic mass is 10.0. The first kappa shape index (κ1) is 15.5. The van der Waals surface area contributed by atoms with Crippen LogP contribution in [0.1, 0.15) is 11.1 Å². The largest absolute Gasteiger partial charge is 0.0985 e. The van der Waals surface area contributed by atoms with E-state index in [0.717, 1.165) is 5.56 Å². The summed E-state index contributed by atoms with van der Waals surface area (Å²) >= 11 is 0. The molecular weight excluding hydrogens is 264 g/mol. The molecule has 3 aromatic rings. The third-order valence-corrected chi connectivity index (χ3v) is 3.26. The van der Waals surface area contributed by atoms with E-state index < -0.39 is 0 Å². The maximum atomic E-state index is 3.77. The van der Waals surface area contributed by atoms with E-state index in [1.807, 2.05) is 48.6 Å². The number of hydrogen-bond donors (Lipinski definition) is 0. The average Bonchev–Trinajstić information content (AvgIpc) is 2.64. The van der Waals surface area contributed by atoms with E-state index in [9.17, 15) is 0 Å². The van der Waals surface area contributed by atoms with Gasteiger partial charge in [-0.1, -0.05) is 104 Å². The van der Waals surface area contributed by atoms with Crippen LogP contribution in [0.2, 0.25) is 0 Å². The molecule has 108 valence electrons. The van der Waals surface area contributed by atoms with Gasteiger partial charge in [0.15, 0.2) is 0 Å². The summed E-state index contributed by atoms with van der Waals surface area (Å²) in [5.74, 6) is 0. The van der Waals surface area contributed by atoms with Crippen LogP contribution in [0.25, 0.3) is 23.3 Å². The lowest BCUT2D eigenvalue weighted by Gasteiger charge is -2.01. The van der Waals surface area contributed by atoms with Crippen LogP contribution in [0.4, 0.5) is 0 Å². The highest BCUT2D eigenvalue weighted by Gasteiger charge is 1.95. The van der Waals surface area contributed by atoms with E-state index >= 15 is 0 Å². The van der Waals surface area contributed by atoms with Gasteiger partial charge in [0.05, 0.1) is 0 Å². The number of benzene rings is 3. The predicted molar refractivity (Wildman–Crippen MR) is 98.5 cm³/mol. The van der Waals surface area contributed by atoms with Gasteiger partial charge in [-0.3, -0.25) is 0 Å². The Morgan fingerprint density at radius 2 is 1.00 bits per heavy atom. The molecule has 0 fully saturated rings. The van der Waals surface area contributed by atoms with E-state index in [2.05, 4.69) is 61.7 Å². The van der Waals surface area contributed by atoms with Crippen LogP contribution in [0.3, 0.4) is 0 Å². The molecule has 0 spiro atoms. The number of hydrogen-bond acceptors (Lipinski definition) is 0. The van der Waals surface area contributed by atoms with E-state index in [-0.39, 0.29) is 0 Å². The zero-order valence-electron chi connectivity index (χ0n) is 12.7. The highest BCUT2D eigenvalue weighted by molar-refractivity contribution is 5.66. The summed E-state index contributed by atoms with van der Waals surface area (Å²) in [5.41, 5.74) is 4.82. The SMILES string of the molecule is C=Cc1cccc(-c2ccccc2)c1.C=Cc1ccccc1. The minimum absolute atomic E-state index is 1.16. The molecule has 0 atom stereocenters. The van der Waals surface area contributed by atoms with Gasteiger partial charge >= 0.3 is 0 Å². The van der Waals surface area contributed by atoms with Crippen LogP contribution < -0.4 is 0 Å². The fourth-order valence-corrected chi connectivity index (χ4v) is 2.06. The van der Waals surface area contributed by atoms with Crippen molar-refractivity contribution in [2.24, 2.45) is 0 Å². The second kappa shape index (κ2) is 8.43. The van der Waals surface area contributed by atoms with Gasteiger partial charge in [-0.05, 0) is 28.3 Å². The van der Waals surface area contributed by atoms with E-state index in [4.69, 9.17) is 0 Å². The van der Waals surface area contributed by atoms with Crippen molar-refractivity contribution in [3.8, 4) is 11.1 Å². The zero-order chi connectivity index (χ0) is 15.6. The molecule has 0 radical (unpaired) electrons. The zero-order valence-corrected chi connectivity index (χ0v) is 12.7. The molecule has 0 heterocycles. The van der Waals surface area contributed by atoms with Gasteiger partial charge in [-0.15, -0.1) is 0 Å². The highest BCUT2D eigenvalue weighted by atomic mass is 14.0. The first-order chi connectivity index (χ1) is 10.8. The van der Waals surface area contributed by atoms with Gasteiger partial charge in [0.1, 0.15) is 0 Å². The van der Waals surface area contributed by atoms with Crippen molar-refractivity contribution in [1.29, 1.82) is 0 Å². The van der Waals surface area contributed by atoms with Gasteiger partial charge in [0, 0.05) is 0 Å². The molecule has 3 rings (SSSR count). The molecular formula is C22H20. The third kappa shape index (κ3) is 4.60. The van der Waals surface area contributed by atoms with E-state index in [0.29, 0.717) is 0 Å². The van der Waals surface area contributed by atoms with E-state index in [1.165, 1.54) is 16.7 Å². The van der Waals surface area contributed by atoms with Crippen LogP contribution in [0, 0.1) is 0 Å². The molecule has 0 nitrogen and oxygen atoms in total. The highest BCUT2D eigenvalue weighted by Crippen LogP contribution is 2.20. The lowest BCUT2D eigenvalue weighted by Crippen LogP contribution is -1.77. The fourth-order valence-electron chi connectivity index (χ4n) is 2.06. The first-order valence-electron chi connectivity index (χ1n) is 7.29. The van der Waals surface area contributed by atoms with Gasteiger partial charge in [0.25, 0.3) is 0 Å². The standard InChI is InChI=1S/C14H12.C8H8/c1-2-12-7-6-10-14(11-12)13-8-4-3-5-9-13;1-2-8-6-4-3-5-7-8/h2-11H,1H2;2-7H,1H2. The fraction of sp³-hybridized carbons (Fsp3) is 0. The smallest absolute Gasteiger partial charge is 0.0178 e. The van der Waals surface area contributed by atoms with Crippen LogP contribution in [0.5, 0.6) is 0 Å². The molecule has 0 aliphatic rings. The molecule has 0 heteroatoms. The molecule has 0 aliphatic carbocycles. The quantitative estimate of drug-likeness (QED) is 0.527. The van der Waals surface area contributed by atoms with Crippen LogP contribution in [-0.2, 0) is 0 Å². The molecule has 3 aromatic carbocycles. The molecule has 22 heavy (non-hydrogen) atoms. The van der Waals surface area contributed by atoms with Gasteiger partial charge < -0.3 is 0 Å². The Morgan fingerprint density at radius 1 is 0.500 bits per heavy atom. The summed E-state index contributed by atoms with van der Waals surface area (Å²) in [6, 6.07) is 28.8. The van der Waals surface area contributed by atoms with Gasteiger partial charge in [-0.2, -0.15) is 0 Å². The Hall–Kier alpha value is -2.86. The summed E-state index contributed by atoms with van der Waals surface area (Å²) in [6.45, 7) is 7.40.